The number of rotatable bonds is 1. The van der Waals surface area contributed by atoms with Gasteiger partial charge in [-0.3, -0.25) is 0 Å². The Morgan fingerprint density at radius 2 is 2.40 bits per heavy atom. The van der Waals surface area contributed by atoms with E-state index in [1.165, 1.54) is 12.3 Å². The molecule has 0 aromatic carbocycles. The molecule has 54 valence electrons. The minimum atomic E-state index is -0.151. The van der Waals surface area contributed by atoms with Gasteiger partial charge in [0.15, 0.2) is 0 Å². The van der Waals surface area contributed by atoms with E-state index in [0.717, 1.165) is 3.70 Å². The summed E-state index contributed by atoms with van der Waals surface area (Å²) in [6, 6.07) is 1.39. The maximum Gasteiger partial charge on any atom is 0.130 e. The first-order valence-electron chi connectivity index (χ1n) is 3.04. The van der Waals surface area contributed by atoms with Gasteiger partial charge in [0, 0.05) is 11.8 Å². The molecule has 0 bridgehead atoms. The number of nitrogens with zero attached hydrogens (tertiary/aromatic N) is 1. The van der Waals surface area contributed by atoms with Gasteiger partial charge >= 0.3 is 0 Å². The van der Waals surface area contributed by atoms with Gasteiger partial charge in [0.05, 0.1) is 0 Å². The van der Waals surface area contributed by atoms with Crippen LogP contribution in [0.1, 0.15) is 12.5 Å². The van der Waals surface area contributed by atoms with Gasteiger partial charge in [-0.1, -0.05) is 6.92 Å². The predicted octanol–water partition coefficient (Wildman–Crippen LogP) is 2.39. The van der Waals surface area contributed by atoms with Gasteiger partial charge in [-0.05, 0) is 35.1 Å². The highest BCUT2D eigenvalue weighted by molar-refractivity contribution is 14.1. The molecule has 0 atom stereocenters. The Balaban J connectivity index is 3.17. The monoisotopic (exact) mass is 251 g/mol. The van der Waals surface area contributed by atoms with Crippen LogP contribution in [0.3, 0.4) is 0 Å². The van der Waals surface area contributed by atoms with E-state index in [4.69, 9.17) is 0 Å². The third kappa shape index (κ3) is 1.45. The van der Waals surface area contributed by atoms with Gasteiger partial charge < -0.3 is 0 Å². The van der Waals surface area contributed by atoms with Crippen LogP contribution in [0.2, 0.25) is 0 Å². The summed E-state index contributed by atoms with van der Waals surface area (Å²) in [4.78, 5) is 3.96. The zero-order valence-electron chi connectivity index (χ0n) is 5.56. The molecule has 0 aliphatic heterocycles. The fourth-order valence-corrected chi connectivity index (χ4v) is 1.56. The second-order valence-electron chi connectivity index (χ2n) is 1.92. The highest BCUT2D eigenvalue weighted by atomic mass is 127. The molecular weight excluding hydrogens is 244 g/mol. The lowest BCUT2D eigenvalue weighted by Crippen LogP contribution is -1.93. The third-order valence-electron chi connectivity index (χ3n) is 1.30. The number of pyridine rings is 1. The summed E-state index contributed by atoms with van der Waals surface area (Å²) < 4.78 is 13.6. The van der Waals surface area contributed by atoms with Crippen molar-refractivity contribution in [2.75, 3.05) is 0 Å². The van der Waals surface area contributed by atoms with Crippen LogP contribution >= 0.6 is 22.6 Å². The van der Waals surface area contributed by atoms with Crippen LogP contribution < -0.4 is 0 Å². The van der Waals surface area contributed by atoms with Crippen molar-refractivity contribution in [1.29, 1.82) is 0 Å². The normalized spacial score (nSPS) is 9.90. The lowest BCUT2D eigenvalue weighted by molar-refractivity contribution is 0.607. The number of halogens is 2. The van der Waals surface area contributed by atoms with E-state index in [9.17, 15) is 4.39 Å². The van der Waals surface area contributed by atoms with Crippen LogP contribution in [0, 0.1) is 9.52 Å². The third-order valence-corrected chi connectivity index (χ3v) is 2.23. The van der Waals surface area contributed by atoms with Crippen LogP contribution in [-0.2, 0) is 6.42 Å². The molecule has 0 saturated heterocycles. The van der Waals surface area contributed by atoms with Crippen molar-refractivity contribution in [2.45, 2.75) is 13.3 Å². The summed E-state index contributed by atoms with van der Waals surface area (Å²) in [6.45, 7) is 1.92. The van der Waals surface area contributed by atoms with Crippen molar-refractivity contribution in [3.8, 4) is 0 Å². The van der Waals surface area contributed by atoms with E-state index in [1.807, 2.05) is 29.5 Å². The molecule has 1 nitrogen and oxygen atoms in total. The predicted molar refractivity (Wildman–Crippen MR) is 46.3 cm³/mol. The summed E-state index contributed by atoms with van der Waals surface area (Å²) in [5, 5.41) is 0. The van der Waals surface area contributed by atoms with E-state index in [1.54, 1.807) is 0 Å². The molecule has 0 aliphatic carbocycles. The lowest BCUT2D eigenvalue weighted by atomic mass is 10.2. The first-order valence-corrected chi connectivity index (χ1v) is 4.12. The van der Waals surface area contributed by atoms with E-state index in [-0.39, 0.29) is 5.82 Å². The Bertz CT molecular complexity index is 217. The van der Waals surface area contributed by atoms with E-state index in [2.05, 4.69) is 4.98 Å². The molecular formula is C7H7FIN. The van der Waals surface area contributed by atoms with Crippen molar-refractivity contribution < 1.29 is 4.39 Å². The Labute approximate surface area is 72.8 Å². The minimum Gasteiger partial charge on any atom is -0.250 e. The topological polar surface area (TPSA) is 12.9 Å². The van der Waals surface area contributed by atoms with Crippen LogP contribution in [-0.4, -0.2) is 4.98 Å². The van der Waals surface area contributed by atoms with Gasteiger partial charge in [0.25, 0.3) is 0 Å². The second kappa shape index (κ2) is 3.27. The fraction of sp³-hybridized carbons (Fsp3) is 0.286. The smallest absolute Gasteiger partial charge is 0.130 e. The molecule has 1 heterocycles. The quantitative estimate of drug-likeness (QED) is 0.551. The van der Waals surface area contributed by atoms with Crippen LogP contribution in [0.4, 0.5) is 4.39 Å². The Hall–Kier alpha value is -0.190. The minimum absolute atomic E-state index is 0.151. The fourth-order valence-electron chi connectivity index (χ4n) is 0.760. The van der Waals surface area contributed by atoms with Gasteiger partial charge in [-0.2, -0.15) is 0 Å². The molecule has 1 aromatic heterocycles. The largest absolute Gasteiger partial charge is 0.250 e. The molecule has 0 aliphatic rings. The zero-order valence-corrected chi connectivity index (χ0v) is 7.72. The first-order chi connectivity index (χ1) is 4.75. The van der Waals surface area contributed by atoms with Crippen molar-refractivity contribution in [3.63, 3.8) is 0 Å². The maximum atomic E-state index is 12.8. The Morgan fingerprint density at radius 1 is 1.70 bits per heavy atom. The molecule has 10 heavy (non-hydrogen) atoms. The zero-order chi connectivity index (χ0) is 7.56. The summed E-state index contributed by atoms with van der Waals surface area (Å²) in [6.07, 6.45) is 2.19. The molecule has 0 N–H and O–H groups in total. The molecule has 0 amide bonds. The molecule has 0 saturated carbocycles. The van der Waals surface area contributed by atoms with Crippen LogP contribution in [0.15, 0.2) is 12.3 Å². The number of hydrogen-bond donors (Lipinski definition) is 0. The molecule has 0 unspecified atom stereocenters. The average Bonchev–Trinajstić information content (AvgIpc) is 1.88. The molecule has 1 rings (SSSR count). The van der Waals surface area contributed by atoms with Crippen molar-refractivity contribution in [2.24, 2.45) is 0 Å². The Kier molecular flexibility index (Phi) is 2.59. The van der Waals surface area contributed by atoms with Gasteiger partial charge in [-0.25, -0.2) is 9.37 Å². The molecule has 1 aromatic rings. The van der Waals surface area contributed by atoms with Crippen molar-refractivity contribution in [1.82, 2.24) is 4.98 Å². The van der Waals surface area contributed by atoms with E-state index >= 15 is 0 Å². The molecule has 0 spiro atoms. The lowest BCUT2D eigenvalue weighted by Gasteiger charge is -1.99. The SMILES string of the molecule is CCc1c(F)ccnc1I. The number of aromatic nitrogens is 1. The van der Waals surface area contributed by atoms with Crippen LogP contribution in [0.5, 0.6) is 0 Å². The van der Waals surface area contributed by atoms with E-state index in [0.29, 0.717) is 12.0 Å². The van der Waals surface area contributed by atoms with Crippen molar-refractivity contribution in [3.05, 3.63) is 27.3 Å². The number of hydrogen-bond acceptors (Lipinski definition) is 1. The van der Waals surface area contributed by atoms with Gasteiger partial charge in [0.2, 0.25) is 0 Å². The Morgan fingerprint density at radius 3 is 2.80 bits per heavy atom. The summed E-state index contributed by atoms with van der Waals surface area (Å²) >= 11 is 2.03. The first kappa shape index (κ1) is 7.91. The van der Waals surface area contributed by atoms with Gasteiger partial charge in [-0.15, -0.1) is 0 Å². The summed E-state index contributed by atoms with van der Waals surface area (Å²) in [7, 11) is 0. The summed E-state index contributed by atoms with van der Waals surface area (Å²) in [5.41, 5.74) is 0.711. The van der Waals surface area contributed by atoms with Gasteiger partial charge in [0.1, 0.15) is 9.52 Å². The molecule has 0 fully saturated rings. The standard InChI is InChI=1S/C7H7FIN/c1-2-5-6(8)3-4-10-7(5)9/h3-4H,2H2,1H3. The molecule has 0 radical (unpaired) electrons. The van der Waals surface area contributed by atoms with Crippen LogP contribution in [0.25, 0.3) is 0 Å². The molecule has 3 heteroatoms. The van der Waals surface area contributed by atoms with Crippen molar-refractivity contribution >= 4 is 22.6 Å². The second-order valence-corrected chi connectivity index (χ2v) is 2.94. The summed E-state index contributed by atoms with van der Waals surface area (Å²) in [5.74, 6) is -0.151. The maximum absolute atomic E-state index is 12.8. The highest BCUT2D eigenvalue weighted by Gasteiger charge is 2.03. The highest BCUT2D eigenvalue weighted by Crippen LogP contribution is 2.12. The van der Waals surface area contributed by atoms with E-state index < -0.39 is 0 Å². The average molecular weight is 251 g/mol.